The van der Waals surface area contributed by atoms with Gasteiger partial charge in [0.25, 0.3) is 5.69 Å². The molecular formula is C13H11NO3S. The van der Waals surface area contributed by atoms with E-state index < -0.39 is 4.92 Å². The second kappa shape index (κ2) is 5.10. The monoisotopic (exact) mass is 261 g/mol. The first-order valence-electron chi connectivity index (χ1n) is 5.28. The van der Waals surface area contributed by atoms with Crippen LogP contribution < -0.4 is 0 Å². The van der Waals surface area contributed by atoms with Gasteiger partial charge in [0, 0.05) is 21.9 Å². The predicted molar refractivity (Wildman–Crippen MR) is 70.1 cm³/mol. The molecule has 92 valence electrons. The summed E-state index contributed by atoms with van der Waals surface area (Å²) in [6, 6.07) is 11.7. The van der Waals surface area contributed by atoms with Crippen LogP contribution in [-0.2, 0) is 0 Å². The number of aryl methyl sites for hydroxylation is 1. The lowest BCUT2D eigenvalue weighted by molar-refractivity contribution is -0.384. The Bertz CT molecular complexity index is 581. The number of non-ortho nitro benzene ring substituents is 1. The Morgan fingerprint density at radius 3 is 2.28 bits per heavy atom. The minimum atomic E-state index is -0.418. The van der Waals surface area contributed by atoms with Gasteiger partial charge in [-0.05, 0) is 42.8 Å². The molecule has 1 N–H and O–H groups in total. The van der Waals surface area contributed by atoms with Crippen molar-refractivity contribution in [1.29, 1.82) is 0 Å². The molecule has 2 aromatic carbocycles. The Kier molecular flexibility index (Phi) is 3.53. The number of hydrogen-bond donors (Lipinski definition) is 1. The van der Waals surface area contributed by atoms with Gasteiger partial charge in [0.05, 0.1) is 4.92 Å². The van der Waals surface area contributed by atoms with Crippen LogP contribution in [0.3, 0.4) is 0 Å². The van der Waals surface area contributed by atoms with Crippen LogP contribution in [0.2, 0.25) is 0 Å². The van der Waals surface area contributed by atoms with Crippen LogP contribution in [0.4, 0.5) is 5.69 Å². The molecule has 18 heavy (non-hydrogen) atoms. The third kappa shape index (κ3) is 2.81. The van der Waals surface area contributed by atoms with Crippen LogP contribution in [0.25, 0.3) is 0 Å². The molecule has 0 saturated carbocycles. The van der Waals surface area contributed by atoms with Crippen molar-refractivity contribution >= 4 is 17.4 Å². The van der Waals surface area contributed by atoms with Crippen LogP contribution >= 0.6 is 11.8 Å². The molecule has 0 bridgehead atoms. The average molecular weight is 261 g/mol. The second-order valence-corrected chi connectivity index (χ2v) is 4.95. The largest absolute Gasteiger partial charge is 0.508 e. The molecule has 0 heterocycles. The van der Waals surface area contributed by atoms with Crippen LogP contribution in [-0.4, -0.2) is 10.0 Å². The molecule has 0 aliphatic carbocycles. The van der Waals surface area contributed by atoms with Crippen molar-refractivity contribution in [1.82, 2.24) is 0 Å². The SMILES string of the molecule is Cc1cc(Sc2ccc([N+](=O)[O-])cc2)ccc1O. The first-order valence-corrected chi connectivity index (χ1v) is 6.10. The molecular weight excluding hydrogens is 250 g/mol. The maximum absolute atomic E-state index is 10.5. The van der Waals surface area contributed by atoms with E-state index in [4.69, 9.17) is 0 Å². The fourth-order valence-electron chi connectivity index (χ4n) is 1.46. The van der Waals surface area contributed by atoms with Crippen molar-refractivity contribution in [3.05, 3.63) is 58.1 Å². The van der Waals surface area contributed by atoms with Crippen molar-refractivity contribution in [3.63, 3.8) is 0 Å². The maximum atomic E-state index is 10.5. The molecule has 0 aliphatic rings. The van der Waals surface area contributed by atoms with Gasteiger partial charge in [0.1, 0.15) is 5.75 Å². The molecule has 0 amide bonds. The van der Waals surface area contributed by atoms with Crippen LogP contribution in [0, 0.1) is 17.0 Å². The lowest BCUT2D eigenvalue weighted by Gasteiger charge is -2.04. The lowest BCUT2D eigenvalue weighted by Crippen LogP contribution is -1.86. The normalized spacial score (nSPS) is 10.3. The summed E-state index contributed by atoms with van der Waals surface area (Å²) >= 11 is 1.50. The zero-order chi connectivity index (χ0) is 13.1. The lowest BCUT2D eigenvalue weighted by atomic mass is 10.2. The molecule has 0 unspecified atom stereocenters. The van der Waals surface area contributed by atoms with Gasteiger partial charge in [0.15, 0.2) is 0 Å². The Hall–Kier alpha value is -2.01. The van der Waals surface area contributed by atoms with Crippen molar-refractivity contribution in [2.75, 3.05) is 0 Å². The zero-order valence-electron chi connectivity index (χ0n) is 9.66. The van der Waals surface area contributed by atoms with Gasteiger partial charge in [-0.25, -0.2) is 0 Å². The fourth-order valence-corrected chi connectivity index (χ4v) is 2.38. The van der Waals surface area contributed by atoms with E-state index in [2.05, 4.69) is 0 Å². The summed E-state index contributed by atoms with van der Waals surface area (Å²) in [7, 11) is 0. The molecule has 4 nitrogen and oxygen atoms in total. The van der Waals surface area contributed by atoms with Crippen LogP contribution in [0.1, 0.15) is 5.56 Å². The highest BCUT2D eigenvalue weighted by atomic mass is 32.2. The second-order valence-electron chi connectivity index (χ2n) is 3.80. The highest BCUT2D eigenvalue weighted by Gasteiger charge is 2.05. The number of nitro benzene ring substituents is 1. The van der Waals surface area contributed by atoms with Crippen LogP contribution in [0.15, 0.2) is 52.3 Å². The topological polar surface area (TPSA) is 63.4 Å². The molecule has 0 atom stereocenters. The molecule has 0 radical (unpaired) electrons. The predicted octanol–water partition coefficient (Wildman–Crippen LogP) is 3.76. The van der Waals surface area contributed by atoms with Gasteiger partial charge >= 0.3 is 0 Å². The van der Waals surface area contributed by atoms with Gasteiger partial charge in [-0.15, -0.1) is 0 Å². The number of phenols is 1. The number of nitro groups is 1. The molecule has 2 aromatic rings. The minimum absolute atomic E-state index is 0.0845. The van der Waals surface area contributed by atoms with Crippen molar-refractivity contribution in [2.45, 2.75) is 16.7 Å². The number of rotatable bonds is 3. The Morgan fingerprint density at radius 2 is 1.72 bits per heavy atom. The number of phenolic OH excluding ortho intramolecular Hbond substituents is 1. The summed E-state index contributed by atoms with van der Waals surface area (Å²) in [5.41, 5.74) is 0.892. The highest BCUT2D eigenvalue weighted by molar-refractivity contribution is 7.99. The summed E-state index contributed by atoms with van der Waals surface area (Å²) < 4.78 is 0. The van der Waals surface area contributed by atoms with Crippen molar-refractivity contribution in [2.24, 2.45) is 0 Å². The number of benzene rings is 2. The van der Waals surface area contributed by atoms with Gasteiger partial charge in [0.2, 0.25) is 0 Å². The van der Waals surface area contributed by atoms with Crippen molar-refractivity contribution in [3.8, 4) is 5.75 Å². The van der Waals surface area contributed by atoms with Crippen LogP contribution in [0.5, 0.6) is 5.75 Å². The van der Waals surface area contributed by atoms with Gasteiger partial charge in [-0.2, -0.15) is 0 Å². The molecule has 0 aromatic heterocycles. The minimum Gasteiger partial charge on any atom is -0.508 e. The van der Waals surface area contributed by atoms with Gasteiger partial charge in [-0.1, -0.05) is 11.8 Å². The molecule has 2 rings (SSSR count). The molecule has 5 heteroatoms. The summed E-state index contributed by atoms with van der Waals surface area (Å²) in [6.07, 6.45) is 0. The van der Waals surface area contributed by atoms with E-state index in [1.54, 1.807) is 18.2 Å². The first kappa shape index (κ1) is 12.4. The summed E-state index contributed by atoms with van der Waals surface area (Å²) in [5, 5.41) is 19.9. The Morgan fingerprint density at radius 1 is 1.11 bits per heavy atom. The third-order valence-electron chi connectivity index (χ3n) is 2.45. The first-order chi connectivity index (χ1) is 8.56. The van der Waals surface area contributed by atoms with E-state index in [0.29, 0.717) is 0 Å². The Balaban J connectivity index is 2.18. The molecule has 0 spiro atoms. The van der Waals surface area contributed by atoms with Gasteiger partial charge in [-0.3, -0.25) is 10.1 Å². The fraction of sp³-hybridized carbons (Fsp3) is 0.0769. The summed E-state index contributed by atoms with van der Waals surface area (Å²) in [4.78, 5) is 12.0. The molecule has 0 fully saturated rings. The average Bonchev–Trinajstić information content (AvgIpc) is 2.34. The standard InChI is InChI=1S/C13H11NO3S/c1-9-8-12(6-7-13(9)15)18-11-4-2-10(3-5-11)14(16)17/h2-8,15H,1H3. The van der Waals surface area contributed by atoms with E-state index >= 15 is 0 Å². The molecule has 0 aliphatic heterocycles. The van der Waals surface area contributed by atoms with E-state index in [0.717, 1.165) is 15.4 Å². The number of nitrogens with zero attached hydrogens (tertiary/aromatic N) is 1. The maximum Gasteiger partial charge on any atom is 0.269 e. The summed E-state index contributed by atoms with van der Waals surface area (Å²) in [6.45, 7) is 1.83. The van der Waals surface area contributed by atoms with Crippen molar-refractivity contribution < 1.29 is 10.0 Å². The van der Waals surface area contributed by atoms with E-state index in [-0.39, 0.29) is 11.4 Å². The number of aromatic hydroxyl groups is 1. The smallest absolute Gasteiger partial charge is 0.269 e. The Labute approximate surface area is 108 Å². The van der Waals surface area contributed by atoms with E-state index in [1.807, 2.05) is 19.1 Å². The highest BCUT2D eigenvalue weighted by Crippen LogP contribution is 2.31. The third-order valence-corrected chi connectivity index (χ3v) is 3.45. The number of hydrogen-bond acceptors (Lipinski definition) is 4. The van der Waals surface area contributed by atoms with E-state index in [9.17, 15) is 15.2 Å². The quantitative estimate of drug-likeness (QED) is 0.675. The van der Waals surface area contributed by atoms with Gasteiger partial charge < -0.3 is 5.11 Å². The van der Waals surface area contributed by atoms with E-state index in [1.165, 1.54) is 23.9 Å². The zero-order valence-corrected chi connectivity index (χ0v) is 10.5. The molecule has 0 saturated heterocycles. The summed E-state index contributed by atoms with van der Waals surface area (Å²) in [5.74, 6) is 0.267.